The van der Waals surface area contributed by atoms with Crippen LogP contribution in [0.25, 0.3) is 0 Å². The number of likely N-dealkylation sites (tertiary alicyclic amines) is 1. The van der Waals surface area contributed by atoms with Gasteiger partial charge in [-0.2, -0.15) is 0 Å². The zero-order valence-corrected chi connectivity index (χ0v) is 12.3. The van der Waals surface area contributed by atoms with Gasteiger partial charge in [-0.3, -0.25) is 0 Å². The fraction of sp³-hybridized carbons (Fsp3) is 0.643. The van der Waals surface area contributed by atoms with Crippen LogP contribution in [0.1, 0.15) is 32.4 Å². The first kappa shape index (κ1) is 13.0. The van der Waals surface area contributed by atoms with Crippen molar-refractivity contribution in [1.82, 2.24) is 9.88 Å². The van der Waals surface area contributed by atoms with E-state index in [4.69, 9.17) is 0 Å². The third-order valence-electron chi connectivity index (χ3n) is 3.65. The Kier molecular flexibility index (Phi) is 4.57. The van der Waals surface area contributed by atoms with Gasteiger partial charge < -0.3 is 4.90 Å². The largest absolute Gasteiger partial charge is 0.301 e. The highest BCUT2D eigenvalue weighted by molar-refractivity contribution is 9.10. The van der Waals surface area contributed by atoms with Crippen molar-refractivity contribution in [1.29, 1.82) is 0 Å². The lowest BCUT2D eigenvalue weighted by molar-refractivity contribution is 0.149. The molecule has 3 heteroatoms. The van der Waals surface area contributed by atoms with E-state index in [0.29, 0.717) is 6.04 Å². The number of rotatable bonds is 3. The van der Waals surface area contributed by atoms with Gasteiger partial charge in [-0.15, -0.1) is 0 Å². The Bertz CT molecular complexity index is 357. The molecule has 1 aliphatic rings. The number of aromatic nitrogens is 1. The Morgan fingerprint density at radius 3 is 2.65 bits per heavy atom. The summed E-state index contributed by atoms with van der Waals surface area (Å²) in [6.45, 7) is 7.07. The molecule has 0 bridgehead atoms. The Labute approximate surface area is 113 Å². The number of hydrogen-bond acceptors (Lipinski definition) is 2. The van der Waals surface area contributed by atoms with Crippen molar-refractivity contribution in [2.75, 3.05) is 13.1 Å². The average molecular weight is 297 g/mol. The maximum Gasteiger partial charge on any atom is 0.106 e. The summed E-state index contributed by atoms with van der Waals surface area (Å²) < 4.78 is 0.953. The van der Waals surface area contributed by atoms with E-state index in [0.717, 1.165) is 16.9 Å². The van der Waals surface area contributed by atoms with Crippen molar-refractivity contribution in [2.24, 2.45) is 5.92 Å². The van der Waals surface area contributed by atoms with E-state index in [1.165, 1.54) is 31.6 Å². The number of piperidine rings is 1. The second-order valence-electron chi connectivity index (χ2n) is 5.23. The van der Waals surface area contributed by atoms with Crippen LogP contribution >= 0.6 is 15.9 Å². The van der Waals surface area contributed by atoms with Crippen LogP contribution in [0.5, 0.6) is 0 Å². The van der Waals surface area contributed by atoms with Crippen molar-refractivity contribution in [2.45, 2.75) is 39.2 Å². The molecule has 1 saturated heterocycles. The summed E-state index contributed by atoms with van der Waals surface area (Å²) in [5.41, 5.74) is 1.22. The van der Waals surface area contributed by atoms with Crippen molar-refractivity contribution in [3.8, 4) is 0 Å². The van der Waals surface area contributed by atoms with Crippen LogP contribution in [-0.2, 0) is 6.42 Å². The number of hydrogen-bond donors (Lipinski definition) is 0. The Morgan fingerprint density at radius 2 is 2.06 bits per heavy atom. The van der Waals surface area contributed by atoms with Gasteiger partial charge in [-0.1, -0.05) is 6.07 Å². The summed E-state index contributed by atoms with van der Waals surface area (Å²) in [5.74, 6) is 0.812. The molecule has 0 aliphatic carbocycles. The lowest BCUT2D eigenvalue weighted by Crippen LogP contribution is -2.38. The summed E-state index contributed by atoms with van der Waals surface area (Å²) in [5, 5.41) is 0. The normalized spacial score (nSPS) is 18.8. The van der Waals surface area contributed by atoms with Crippen LogP contribution in [-0.4, -0.2) is 29.0 Å². The molecular weight excluding hydrogens is 276 g/mol. The molecule has 1 fully saturated rings. The van der Waals surface area contributed by atoms with Crippen LogP contribution in [0, 0.1) is 5.92 Å². The predicted octanol–water partition coefficient (Wildman–Crippen LogP) is 3.51. The fourth-order valence-electron chi connectivity index (χ4n) is 2.53. The van der Waals surface area contributed by atoms with Crippen LogP contribution in [0.2, 0.25) is 0 Å². The molecule has 1 aliphatic heterocycles. The van der Waals surface area contributed by atoms with Crippen molar-refractivity contribution >= 4 is 15.9 Å². The molecule has 0 amide bonds. The minimum Gasteiger partial charge on any atom is -0.301 e. The van der Waals surface area contributed by atoms with Crippen LogP contribution in [0.3, 0.4) is 0 Å². The number of nitrogens with zero attached hydrogens (tertiary/aromatic N) is 2. The molecule has 0 N–H and O–H groups in total. The van der Waals surface area contributed by atoms with E-state index < -0.39 is 0 Å². The van der Waals surface area contributed by atoms with Crippen molar-refractivity contribution in [3.63, 3.8) is 0 Å². The minimum absolute atomic E-state index is 0.694. The molecule has 0 saturated carbocycles. The first-order valence-electron chi connectivity index (χ1n) is 6.50. The summed E-state index contributed by atoms with van der Waals surface area (Å²) in [6.07, 6.45) is 3.75. The Hall–Kier alpha value is -0.410. The molecule has 94 valence electrons. The minimum atomic E-state index is 0.694. The molecule has 0 aromatic carbocycles. The van der Waals surface area contributed by atoms with E-state index in [-0.39, 0.29) is 0 Å². The maximum absolute atomic E-state index is 4.52. The second-order valence-corrected chi connectivity index (χ2v) is 6.04. The molecule has 0 atom stereocenters. The van der Waals surface area contributed by atoms with Gasteiger partial charge in [0.1, 0.15) is 4.60 Å². The highest BCUT2D eigenvalue weighted by Gasteiger charge is 2.21. The summed E-state index contributed by atoms with van der Waals surface area (Å²) >= 11 is 3.44. The Balaban J connectivity index is 1.86. The molecule has 17 heavy (non-hydrogen) atoms. The first-order chi connectivity index (χ1) is 8.15. The highest BCUT2D eigenvalue weighted by Crippen LogP contribution is 2.22. The van der Waals surface area contributed by atoms with Crippen LogP contribution < -0.4 is 0 Å². The van der Waals surface area contributed by atoms with Gasteiger partial charge in [-0.25, -0.2) is 4.98 Å². The summed E-state index contributed by atoms with van der Waals surface area (Å²) in [7, 11) is 0. The van der Waals surface area contributed by atoms with Gasteiger partial charge in [0.2, 0.25) is 0 Å². The zero-order valence-electron chi connectivity index (χ0n) is 10.7. The molecule has 2 nitrogen and oxygen atoms in total. The molecule has 0 radical (unpaired) electrons. The standard InChI is InChI=1S/C14H21BrN2/c1-11(2)17-8-6-12(7-9-17)10-13-4-3-5-14(15)16-13/h3-5,11-12H,6-10H2,1-2H3. The highest BCUT2D eigenvalue weighted by atomic mass is 79.9. The molecule has 1 aromatic heterocycles. The molecule has 0 unspecified atom stereocenters. The average Bonchev–Trinajstić information content (AvgIpc) is 2.29. The maximum atomic E-state index is 4.52. The van der Waals surface area contributed by atoms with Gasteiger partial charge in [0.25, 0.3) is 0 Å². The fourth-order valence-corrected chi connectivity index (χ4v) is 2.91. The lowest BCUT2D eigenvalue weighted by atomic mass is 9.91. The van der Waals surface area contributed by atoms with E-state index in [1.54, 1.807) is 0 Å². The van der Waals surface area contributed by atoms with E-state index in [9.17, 15) is 0 Å². The summed E-state index contributed by atoms with van der Waals surface area (Å²) in [4.78, 5) is 7.10. The van der Waals surface area contributed by atoms with Gasteiger partial charge in [-0.05, 0) is 80.2 Å². The first-order valence-corrected chi connectivity index (χ1v) is 7.30. The predicted molar refractivity (Wildman–Crippen MR) is 75.1 cm³/mol. The Morgan fingerprint density at radius 1 is 1.35 bits per heavy atom. The zero-order chi connectivity index (χ0) is 12.3. The van der Waals surface area contributed by atoms with E-state index in [2.05, 4.69) is 51.8 Å². The molecule has 0 spiro atoms. The van der Waals surface area contributed by atoms with Gasteiger partial charge in [0.15, 0.2) is 0 Å². The third-order valence-corrected chi connectivity index (χ3v) is 4.09. The van der Waals surface area contributed by atoms with E-state index in [1.807, 2.05) is 6.07 Å². The van der Waals surface area contributed by atoms with E-state index >= 15 is 0 Å². The molecule has 1 aromatic rings. The van der Waals surface area contributed by atoms with Crippen molar-refractivity contribution in [3.05, 3.63) is 28.5 Å². The molecule has 2 heterocycles. The monoisotopic (exact) mass is 296 g/mol. The quantitative estimate of drug-likeness (QED) is 0.794. The SMILES string of the molecule is CC(C)N1CCC(Cc2cccc(Br)n2)CC1. The van der Waals surface area contributed by atoms with Crippen LogP contribution in [0.15, 0.2) is 22.8 Å². The number of halogens is 1. The lowest BCUT2D eigenvalue weighted by Gasteiger charge is -2.34. The van der Waals surface area contributed by atoms with Crippen molar-refractivity contribution < 1.29 is 0 Å². The molecular formula is C14H21BrN2. The smallest absolute Gasteiger partial charge is 0.106 e. The third kappa shape index (κ3) is 3.78. The number of pyridine rings is 1. The van der Waals surface area contributed by atoms with Gasteiger partial charge >= 0.3 is 0 Å². The second kappa shape index (κ2) is 5.96. The molecule has 2 rings (SSSR count). The summed E-state index contributed by atoms with van der Waals surface area (Å²) in [6, 6.07) is 6.90. The van der Waals surface area contributed by atoms with Gasteiger partial charge in [0.05, 0.1) is 0 Å². The van der Waals surface area contributed by atoms with Gasteiger partial charge in [0, 0.05) is 11.7 Å². The van der Waals surface area contributed by atoms with Crippen LogP contribution in [0.4, 0.5) is 0 Å². The topological polar surface area (TPSA) is 16.1 Å².